The highest BCUT2D eigenvalue weighted by atomic mass is 32.2. The van der Waals surface area contributed by atoms with Crippen LogP contribution in [0.1, 0.15) is 6.92 Å². The molecule has 0 fully saturated rings. The molecule has 4 heteroatoms. The largest absolute Gasteiger partial charge is 0.356 e. The Morgan fingerprint density at radius 1 is 1.89 bits per heavy atom. The summed E-state index contributed by atoms with van der Waals surface area (Å²) in [5, 5.41) is 12.4. The standard InChI is InChI=1S/C5H8N2OS/c1-2-7-5(8)3-9-4-6/h2-3H2,1H3,(H,7,8). The summed E-state index contributed by atoms with van der Waals surface area (Å²) in [6.45, 7) is 2.47. The second-order valence-corrected chi connectivity index (χ2v) is 2.09. The van der Waals surface area contributed by atoms with Crippen LogP contribution in [0.25, 0.3) is 0 Å². The Balaban J connectivity index is 3.19. The highest BCUT2D eigenvalue weighted by Crippen LogP contribution is 1.92. The molecule has 0 radical (unpaired) electrons. The number of carbonyl (C=O) groups excluding carboxylic acids is 1. The number of amides is 1. The van der Waals surface area contributed by atoms with Crippen molar-refractivity contribution in [2.75, 3.05) is 12.3 Å². The minimum Gasteiger partial charge on any atom is -0.356 e. The average molecular weight is 144 g/mol. The number of nitrogens with zero attached hydrogens (tertiary/aromatic N) is 1. The van der Waals surface area contributed by atoms with Crippen LogP contribution in [0, 0.1) is 10.7 Å². The predicted octanol–water partition coefficient (Wildman–Crippen LogP) is 0.337. The lowest BCUT2D eigenvalue weighted by atomic mass is 10.6. The van der Waals surface area contributed by atoms with E-state index in [2.05, 4.69) is 5.32 Å². The van der Waals surface area contributed by atoms with E-state index in [0.717, 1.165) is 11.8 Å². The third-order valence-corrected chi connectivity index (χ3v) is 1.18. The molecule has 0 rings (SSSR count). The molecule has 0 aromatic carbocycles. The first-order valence-electron chi connectivity index (χ1n) is 2.58. The molecule has 0 aliphatic heterocycles. The molecule has 1 N–H and O–H groups in total. The maximum Gasteiger partial charge on any atom is 0.231 e. The number of carbonyl (C=O) groups is 1. The second kappa shape index (κ2) is 5.45. The maximum absolute atomic E-state index is 10.5. The molecule has 0 saturated carbocycles. The Kier molecular flexibility index (Phi) is 5.03. The van der Waals surface area contributed by atoms with Crippen LogP contribution in [0.2, 0.25) is 0 Å². The SMILES string of the molecule is CCNC(=O)CSC#N. The van der Waals surface area contributed by atoms with Crippen LogP contribution >= 0.6 is 11.8 Å². The summed E-state index contributed by atoms with van der Waals surface area (Å²) in [6, 6.07) is 0. The lowest BCUT2D eigenvalue weighted by Crippen LogP contribution is -2.24. The molecular formula is C5H8N2OS. The van der Waals surface area contributed by atoms with Gasteiger partial charge in [-0.2, -0.15) is 5.26 Å². The Labute approximate surface area is 58.4 Å². The Morgan fingerprint density at radius 3 is 3.00 bits per heavy atom. The van der Waals surface area contributed by atoms with Gasteiger partial charge >= 0.3 is 0 Å². The van der Waals surface area contributed by atoms with Crippen LogP contribution < -0.4 is 5.32 Å². The molecule has 0 aromatic heterocycles. The van der Waals surface area contributed by atoms with E-state index < -0.39 is 0 Å². The van der Waals surface area contributed by atoms with Crippen molar-refractivity contribution in [1.29, 1.82) is 5.26 Å². The fourth-order valence-electron chi connectivity index (χ4n) is 0.346. The number of hydrogen-bond donors (Lipinski definition) is 1. The van der Waals surface area contributed by atoms with Crippen molar-refractivity contribution in [3.8, 4) is 5.40 Å². The number of nitrogens with one attached hydrogen (secondary N) is 1. The van der Waals surface area contributed by atoms with Gasteiger partial charge in [-0.15, -0.1) is 0 Å². The molecule has 0 saturated heterocycles. The van der Waals surface area contributed by atoms with Gasteiger partial charge in [-0.3, -0.25) is 4.79 Å². The first-order valence-corrected chi connectivity index (χ1v) is 3.57. The molecule has 0 aliphatic carbocycles. The third kappa shape index (κ3) is 5.18. The molecule has 0 atom stereocenters. The molecule has 0 heterocycles. The second-order valence-electron chi connectivity index (χ2n) is 1.33. The van der Waals surface area contributed by atoms with Gasteiger partial charge in [0.05, 0.1) is 5.75 Å². The maximum atomic E-state index is 10.5. The number of nitriles is 1. The van der Waals surface area contributed by atoms with Crippen LogP contribution in [-0.2, 0) is 4.79 Å². The van der Waals surface area contributed by atoms with E-state index >= 15 is 0 Å². The van der Waals surface area contributed by atoms with E-state index in [-0.39, 0.29) is 11.7 Å². The van der Waals surface area contributed by atoms with E-state index in [4.69, 9.17) is 5.26 Å². The fourth-order valence-corrected chi connectivity index (χ4v) is 0.644. The summed E-state index contributed by atoms with van der Waals surface area (Å²) >= 11 is 0.950. The van der Waals surface area contributed by atoms with Crippen molar-refractivity contribution in [3.63, 3.8) is 0 Å². The van der Waals surface area contributed by atoms with E-state index in [0.29, 0.717) is 6.54 Å². The Morgan fingerprint density at radius 2 is 2.56 bits per heavy atom. The summed E-state index contributed by atoms with van der Waals surface area (Å²) in [5.41, 5.74) is 0. The normalized spacial score (nSPS) is 8.00. The van der Waals surface area contributed by atoms with Gasteiger partial charge in [-0.1, -0.05) is 0 Å². The van der Waals surface area contributed by atoms with Gasteiger partial charge in [0.15, 0.2) is 0 Å². The lowest BCUT2D eigenvalue weighted by molar-refractivity contribution is -0.118. The molecule has 0 spiro atoms. The van der Waals surface area contributed by atoms with Crippen LogP contribution in [0.3, 0.4) is 0 Å². The zero-order valence-corrected chi connectivity index (χ0v) is 5.99. The summed E-state index contributed by atoms with van der Waals surface area (Å²) in [4.78, 5) is 10.5. The average Bonchev–Trinajstić information content (AvgIpc) is 1.85. The lowest BCUT2D eigenvalue weighted by Gasteiger charge is -1.95. The topological polar surface area (TPSA) is 52.9 Å². The number of hydrogen-bond acceptors (Lipinski definition) is 3. The van der Waals surface area contributed by atoms with Crippen molar-refractivity contribution in [3.05, 3.63) is 0 Å². The zero-order valence-electron chi connectivity index (χ0n) is 5.18. The zero-order chi connectivity index (χ0) is 7.11. The fraction of sp³-hybridized carbons (Fsp3) is 0.600. The van der Waals surface area contributed by atoms with Gasteiger partial charge in [-0.05, 0) is 18.7 Å². The van der Waals surface area contributed by atoms with Gasteiger partial charge in [-0.25, -0.2) is 0 Å². The third-order valence-electron chi connectivity index (χ3n) is 0.642. The molecule has 0 aromatic rings. The highest BCUT2D eigenvalue weighted by Gasteiger charge is 1.96. The van der Waals surface area contributed by atoms with Crippen LogP contribution in [0.15, 0.2) is 0 Å². The monoisotopic (exact) mass is 144 g/mol. The molecule has 0 aliphatic rings. The molecule has 0 bridgehead atoms. The summed E-state index contributed by atoms with van der Waals surface area (Å²) in [6.07, 6.45) is 0. The predicted molar refractivity (Wildman–Crippen MR) is 36.8 cm³/mol. The van der Waals surface area contributed by atoms with E-state index in [1.807, 2.05) is 12.3 Å². The molecule has 9 heavy (non-hydrogen) atoms. The quantitative estimate of drug-likeness (QED) is 0.581. The minimum absolute atomic E-state index is 0.0796. The number of rotatable bonds is 3. The van der Waals surface area contributed by atoms with Gasteiger partial charge < -0.3 is 5.32 Å². The molecule has 50 valence electrons. The smallest absolute Gasteiger partial charge is 0.231 e. The van der Waals surface area contributed by atoms with Crippen LogP contribution in [0.5, 0.6) is 0 Å². The van der Waals surface area contributed by atoms with E-state index in [1.165, 1.54) is 0 Å². The summed E-state index contributed by atoms with van der Waals surface area (Å²) in [5.74, 6) is 0.161. The van der Waals surface area contributed by atoms with Crippen molar-refractivity contribution in [1.82, 2.24) is 5.32 Å². The van der Waals surface area contributed by atoms with E-state index in [1.54, 1.807) is 0 Å². The molecular weight excluding hydrogens is 136 g/mol. The van der Waals surface area contributed by atoms with E-state index in [9.17, 15) is 4.79 Å². The van der Waals surface area contributed by atoms with Crippen LogP contribution in [0.4, 0.5) is 0 Å². The first kappa shape index (κ1) is 8.31. The molecule has 1 amide bonds. The summed E-state index contributed by atoms with van der Waals surface area (Å²) < 4.78 is 0. The molecule has 0 unspecified atom stereocenters. The van der Waals surface area contributed by atoms with Crippen molar-refractivity contribution in [2.45, 2.75) is 6.92 Å². The summed E-state index contributed by atoms with van der Waals surface area (Å²) in [7, 11) is 0. The van der Waals surface area contributed by atoms with Gasteiger partial charge in [0.25, 0.3) is 0 Å². The minimum atomic E-state index is -0.0796. The molecule has 3 nitrogen and oxygen atoms in total. The highest BCUT2D eigenvalue weighted by molar-refractivity contribution is 8.04. The Hall–Kier alpha value is -0.690. The first-order chi connectivity index (χ1) is 4.31. The van der Waals surface area contributed by atoms with Crippen molar-refractivity contribution in [2.24, 2.45) is 0 Å². The number of thiocyanates is 1. The van der Waals surface area contributed by atoms with Gasteiger partial charge in [0, 0.05) is 6.54 Å². The van der Waals surface area contributed by atoms with Gasteiger partial charge in [0.2, 0.25) is 5.91 Å². The number of thioether (sulfide) groups is 1. The van der Waals surface area contributed by atoms with Crippen molar-refractivity contribution >= 4 is 17.7 Å². The van der Waals surface area contributed by atoms with Crippen molar-refractivity contribution < 1.29 is 4.79 Å². The van der Waals surface area contributed by atoms with Gasteiger partial charge in [0.1, 0.15) is 5.40 Å². The van der Waals surface area contributed by atoms with Crippen LogP contribution in [-0.4, -0.2) is 18.2 Å². The Bertz CT molecular complexity index is 129.